The molecule has 1 heterocycles. The summed E-state index contributed by atoms with van der Waals surface area (Å²) in [5.41, 5.74) is 1.46. The highest BCUT2D eigenvalue weighted by Crippen LogP contribution is 2.50. The summed E-state index contributed by atoms with van der Waals surface area (Å²) in [6, 6.07) is 17.2. The number of aryl methyl sites for hydroxylation is 1. The average Bonchev–Trinajstić information content (AvgIpc) is 3.38. The molecule has 0 saturated carbocycles. The Hall–Kier alpha value is -3.00. The van der Waals surface area contributed by atoms with Gasteiger partial charge in [-0.25, -0.2) is 9.59 Å². The first-order valence-corrected chi connectivity index (χ1v) is 13.7. The van der Waals surface area contributed by atoms with Crippen LogP contribution in [0.1, 0.15) is 48.5 Å². The van der Waals surface area contributed by atoms with E-state index in [2.05, 4.69) is 0 Å². The molecule has 2 aromatic carbocycles. The van der Waals surface area contributed by atoms with Crippen molar-refractivity contribution in [2.75, 3.05) is 19.5 Å². The smallest absolute Gasteiger partial charge is 0.340 e. The highest BCUT2D eigenvalue weighted by atomic mass is 31.2. The predicted molar refractivity (Wildman–Crippen MR) is 133 cm³/mol. The fourth-order valence-electron chi connectivity index (χ4n) is 4.05. The molecule has 10 heteroatoms. The summed E-state index contributed by atoms with van der Waals surface area (Å²) in [6.45, 7) is 1.11. The van der Waals surface area contributed by atoms with Crippen LogP contribution in [-0.4, -0.2) is 59.5 Å². The van der Waals surface area contributed by atoms with Gasteiger partial charge in [-0.15, -0.1) is 0 Å². The molecule has 2 unspecified atom stereocenters. The molecular formula is C26H32NO8P. The second kappa shape index (κ2) is 13.3. The lowest BCUT2D eigenvalue weighted by atomic mass is 10.1. The quantitative estimate of drug-likeness (QED) is 0.178. The molecule has 194 valence electrons. The van der Waals surface area contributed by atoms with Crippen molar-refractivity contribution in [1.29, 1.82) is 0 Å². The van der Waals surface area contributed by atoms with Crippen LogP contribution < -0.4 is 0 Å². The van der Waals surface area contributed by atoms with Crippen molar-refractivity contribution >= 4 is 25.4 Å². The van der Waals surface area contributed by atoms with Crippen molar-refractivity contribution in [2.45, 2.75) is 51.2 Å². The molecular weight excluding hydrogens is 485 g/mol. The Balaban J connectivity index is 1.60. The number of aliphatic carboxylic acids is 1. The van der Waals surface area contributed by atoms with Gasteiger partial charge in [0.2, 0.25) is 6.79 Å². The van der Waals surface area contributed by atoms with Crippen LogP contribution in [-0.2, 0) is 34.4 Å². The van der Waals surface area contributed by atoms with E-state index in [1.54, 1.807) is 30.3 Å². The maximum atomic E-state index is 13.6. The summed E-state index contributed by atoms with van der Waals surface area (Å²) < 4.78 is 29.7. The number of esters is 1. The topological polar surface area (TPSA) is 119 Å². The summed E-state index contributed by atoms with van der Waals surface area (Å²) in [5.74, 6) is -2.28. The Labute approximate surface area is 210 Å². The van der Waals surface area contributed by atoms with E-state index in [-0.39, 0.29) is 6.16 Å². The molecule has 36 heavy (non-hydrogen) atoms. The van der Waals surface area contributed by atoms with Gasteiger partial charge in [0.25, 0.3) is 5.91 Å². The average molecular weight is 518 g/mol. The molecule has 1 amide bonds. The van der Waals surface area contributed by atoms with Crippen molar-refractivity contribution in [1.82, 2.24) is 4.90 Å². The number of hydrogen-bond acceptors (Lipinski definition) is 7. The normalized spacial score (nSPS) is 17.8. The fraction of sp³-hybridized carbons (Fsp3) is 0.423. The Morgan fingerprint density at radius 2 is 1.72 bits per heavy atom. The lowest BCUT2D eigenvalue weighted by molar-refractivity contribution is -0.151. The van der Waals surface area contributed by atoms with Gasteiger partial charge >= 0.3 is 19.5 Å². The molecule has 0 spiro atoms. The van der Waals surface area contributed by atoms with E-state index in [1.165, 1.54) is 11.8 Å². The Bertz CT molecular complexity index is 1060. The van der Waals surface area contributed by atoms with Gasteiger partial charge in [-0.2, -0.15) is 0 Å². The van der Waals surface area contributed by atoms with E-state index in [0.717, 1.165) is 12.0 Å². The lowest BCUT2D eigenvalue weighted by Crippen LogP contribution is -2.45. The minimum absolute atomic E-state index is 0.0166. The van der Waals surface area contributed by atoms with Crippen molar-refractivity contribution in [3.63, 3.8) is 0 Å². The van der Waals surface area contributed by atoms with Crippen molar-refractivity contribution in [3.05, 3.63) is 71.8 Å². The second-order valence-corrected chi connectivity index (χ2v) is 10.7. The standard InChI is InChI=1S/C26H32NO8P/c1-20(24(28)27-17-10-16-23(27)25(29)30)35-36(32,18-9-8-13-21-11-4-2-5-12-21)34-19-33-26(31)22-14-6-3-7-15-22/h2-7,11-12,14-15,20,23H,8-10,13,16-19H2,1H3,(H,29,30)/t20?,23-,36?/m0/s1. The number of hydrogen-bond donors (Lipinski definition) is 1. The van der Waals surface area contributed by atoms with Crippen LogP contribution >= 0.6 is 7.60 Å². The molecule has 0 aliphatic carbocycles. The van der Waals surface area contributed by atoms with Crippen molar-refractivity contribution < 1.29 is 37.8 Å². The molecule has 1 aliphatic heterocycles. The molecule has 0 aromatic heterocycles. The lowest BCUT2D eigenvalue weighted by Gasteiger charge is -2.27. The zero-order valence-corrected chi connectivity index (χ0v) is 21.2. The molecule has 1 fully saturated rings. The summed E-state index contributed by atoms with van der Waals surface area (Å²) in [4.78, 5) is 37.8. The molecule has 1 saturated heterocycles. The van der Waals surface area contributed by atoms with Crippen LogP contribution in [0.2, 0.25) is 0 Å². The molecule has 9 nitrogen and oxygen atoms in total. The highest BCUT2D eigenvalue weighted by molar-refractivity contribution is 7.53. The maximum Gasteiger partial charge on any atom is 0.340 e. The Morgan fingerprint density at radius 1 is 1.06 bits per heavy atom. The summed E-state index contributed by atoms with van der Waals surface area (Å²) in [5, 5.41) is 9.38. The molecule has 1 N–H and O–H groups in total. The number of likely N-dealkylation sites (tertiary alicyclic amines) is 1. The number of carbonyl (C=O) groups is 3. The Morgan fingerprint density at radius 3 is 2.39 bits per heavy atom. The minimum Gasteiger partial charge on any atom is -0.480 e. The SMILES string of the molecule is CC(OP(=O)(CCCCc1ccccc1)OCOC(=O)c1ccccc1)C(=O)N1CCC[C@H]1C(=O)O. The maximum absolute atomic E-state index is 13.6. The van der Waals surface area contributed by atoms with E-state index in [4.69, 9.17) is 13.8 Å². The predicted octanol–water partition coefficient (Wildman–Crippen LogP) is 4.51. The highest BCUT2D eigenvalue weighted by Gasteiger charge is 2.39. The van der Waals surface area contributed by atoms with Gasteiger partial charge in [-0.3, -0.25) is 18.4 Å². The molecule has 2 aromatic rings. The summed E-state index contributed by atoms with van der Waals surface area (Å²) in [6.07, 6.45) is 1.72. The van der Waals surface area contributed by atoms with E-state index >= 15 is 0 Å². The summed E-state index contributed by atoms with van der Waals surface area (Å²) >= 11 is 0. The first kappa shape index (κ1) is 27.6. The fourth-order valence-corrected chi connectivity index (χ4v) is 5.74. The van der Waals surface area contributed by atoms with Gasteiger partial charge < -0.3 is 14.7 Å². The number of unbranched alkanes of at least 4 members (excludes halogenated alkanes) is 1. The largest absolute Gasteiger partial charge is 0.480 e. The van der Waals surface area contributed by atoms with Crippen LogP contribution in [0.4, 0.5) is 0 Å². The number of ether oxygens (including phenoxy) is 1. The molecule has 0 radical (unpaired) electrons. The van der Waals surface area contributed by atoms with E-state index in [0.29, 0.717) is 37.8 Å². The number of carboxylic acid groups (broad SMARTS) is 1. The molecule has 0 bridgehead atoms. The molecule has 1 aliphatic rings. The van der Waals surface area contributed by atoms with E-state index < -0.39 is 44.4 Å². The van der Waals surface area contributed by atoms with Gasteiger partial charge in [-0.1, -0.05) is 48.5 Å². The van der Waals surface area contributed by atoms with Gasteiger partial charge in [0.05, 0.1) is 11.7 Å². The number of carbonyl (C=O) groups excluding carboxylic acids is 2. The third-order valence-corrected chi connectivity index (χ3v) is 7.93. The number of rotatable bonds is 13. The van der Waals surface area contributed by atoms with Crippen LogP contribution in [0, 0.1) is 0 Å². The van der Waals surface area contributed by atoms with Crippen molar-refractivity contribution in [3.8, 4) is 0 Å². The monoisotopic (exact) mass is 517 g/mol. The van der Waals surface area contributed by atoms with Gasteiger partial charge in [0, 0.05) is 6.54 Å². The second-order valence-electron chi connectivity index (χ2n) is 8.60. The first-order valence-electron chi connectivity index (χ1n) is 12.0. The third kappa shape index (κ3) is 8.01. The minimum atomic E-state index is -3.85. The zero-order valence-electron chi connectivity index (χ0n) is 20.3. The van der Waals surface area contributed by atoms with Gasteiger partial charge in [-0.05, 0) is 56.7 Å². The third-order valence-electron chi connectivity index (χ3n) is 5.93. The van der Waals surface area contributed by atoms with Crippen molar-refractivity contribution in [2.24, 2.45) is 0 Å². The number of carboxylic acids is 1. The van der Waals surface area contributed by atoms with Crippen LogP contribution in [0.15, 0.2) is 60.7 Å². The Kier molecular flexibility index (Phi) is 10.2. The molecule has 3 rings (SSSR count). The van der Waals surface area contributed by atoms with E-state index in [1.807, 2.05) is 30.3 Å². The first-order chi connectivity index (χ1) is 17.3. The molecule has 3 atom stereocenters. The summed E-state index contributed by atoms with van der Waals surface area (Å²) in [7, 11) is -3.85. The van der Waals surface area contributed by atoms with Crippen LogP contribution in [0.3, 0.4) is 0 Å². The van der Waals surface area contributed by atoms with Gasteiger partial charge in [0.1, 0.15) is 12.1 Å². The number of amides is 1. The van der Waals surface area contributed by atoms with Gasteiger partial charge in [0.15, 0.2) is 0 Å². The van der Waals surface area contributed by atoms with Crippen LogP contribution in [0.5, 0.6) is 0 Å². The number of benzene rings is 2. The van der Waals surface area contributed by atoms with Crippen LogP contribution in [0.25, 0.3) is 0 Å². The zero-order chi connectivity index (χ0) is 26.0. The van der Waals surface area contributed by atoms with E-state index in [9.17, 15) is 24.1 Å². The number of nitrogens with zero attached hydrogens (tertiary/aromatic N) is 1.